The second-order valence-corrected chi connectivity index (χ2v) is 7.30. The largest absolute Gasteiger partial charge is 0.468 e. The molecule has 2 rings (SSSR count). The molecular formula is C20H26O4S. The Labute approximate surface area is 154 Å². The first-order chi connectivity index (χ1) is 12.1. The Morgan fingerprint density at radius 2 is 1.84 bits per heavy atom. The normalized spacial score (nSPS) is 20.4. The maximum Gasteiger partial charge on any atom is 0.323 e. The molecule has 1 atom stereocenters. The van der Waals surface area contributed by atoms with Crippen molar-refractivity contribution in [1.82, 2.24) is 0 Å². The summed E-state index contributed by atoms with van der Waals surface area (Å²) >= 11 is 1.81. The molecule has 1 saturated carbocycles. The van der Waals surface area contributed by atoms with Gasteiger partial charge < -0.3 is 9.47 Å². The van der Waals surface area contributed by atoms with Crippen molar-refractivity contribution in [1.29, 1.82) is 0 Å². The lowest BCUT2D eigenvalue weighted by Gasteiger charge is -2.30. The first-order valence-electron chi connectivity index (χ1n) is 8.53. The van der Waals surface area contributed by atoms with E-state index in [1.165, 1.54) is 19.8 Å². The minimum Gasteiger partial charge on any atom is -0.468 e. The molecule has 0 aliphatic heterocycles. The number of rotatable bonds is 7. The van der Waals surface area contributed by atoms with Gasteiger partial charge in [0, 0.05) is 11.7 Å². The van der Waals surface area contributed by atoms with Crippen molar-refractivity contribution in [3.8, 4) is 0 Å². The highest BCUT2D eigenvalue weighted by Crippen LogP contribution is 2.50. The molecule has 25 heavy (non-hydrogen) atoms. The van der Waals surface area contributed by atoms with Gasteiger partial charge in [-0.05, 0) is 37.5 Å². The monoisotopic (exact) mass is 362 g/mol. The van der Waals surface area contributed by atoms with Crippen molar-refractivity contribution in [2.24, 2.45) is 11.3 Å². The van der Waals surface area contributed by atoms with Crippen LogP contribution in [-0.2, 0) is 24.8 Å². The Hall–Kier alpha value is -1.75. The van der Waals surface area contributed by atoms with E-state index in [1.807, 2.05) is 43.0 Å². The number of benzene rings is 1. The average molecular weight is 362 g/mol. The van der Waals surface area contributed by atoms with Crippen LogP contribution in [0.3, 0.4) is 0 Å². The molecule has 1 aliphatic rings. The maximum atomic E-state index is 12.5. The fraction of sp³-hybridized carbons (Fsp3) is 0.500. The summed E-state index contributed by atoms with van der Waals surface area (Å²) in [4.78, 5) is 25.0. The predicted octanol–water partition coefficient (Wildman–Crippen LogP) is 4.00. The highest BCUT2D eigenvalue weighted by atomic mass is 32.2. The molecule has 0 spiro atoms. The third-order valence-electron chi connectivity index (χ3n) is 4.98. The summed E-state index contributed by atoms with van der Waals surface area (Å²) in [6.45, 7) is 1.96. The third-order valence-corrected chi connectivity index (χ3v) is 6.04. The molecule has 0 saturated heterocycles. The van der Waals surface area contributed by atoms with Crippen molar-refractivity contribution in [3.05, 3.63) is 47.5 Å². The van der Waals surface area contributed by atoms with Crippen LogP contribution in [0, 0.1) is 11.3 Å². The van der Waals surface area contributed by atoms with Crippen LogP contribution in [0.1, 0.15) is 31.7 Å². The number of allylic oxidation sites excluding steroid dienone is 2. The van der Waals surface area contributed by atoms with E-state index in [1.54, 1.807) is 0 Å². The van der Waals surface area contributed by atoms with E-state index in [2.05, 4.69) is 12.1 Å². The van der Waals surface area contributed by atoms with Crippen LogP contribution in [0.5, 0.6) is 0 Å². The molecule has 4 nitrogen and oxygen atoms in total. The van der Waals surface area contributed by atoms with Crippen LogP contribution in [0.25, 0.3) is 0 Å². The van der Waals surface area contributed by atoms with Gasteiger partial charge in [0.25, 0.3) is 0 Å². The number of carbonyl (C=O) groups excluding carboxylic acids is 2. The second-order valence-electron chi connectivity index (χ2n) is 6.20. The topological polar surface area (TPSA) is 52.6 Å². The molecule has 0 N–H and O–H groups in total. The molecule has 1 unspecified atom stereocenters. The van der Waals surface area contributed by atoms with Gasteiger partial charge in [0.15, 0.2) is 5.41 Å². The number of thioether (sulfide) groups is 1. The Bertz CT molecular complexity index is 608. The van der Waals surface area contributed by atoms with E-state index in [4.69, 9.17) is 9.47 Å². The van der Waals surface area contributed by atoms with Gasteiger partial charge in [0.1, 0.15) is 0 Å². The van der Waals surface area contributed by atoms with Crippen molar-refractivity contribution >= 4 is 23.7 Å². The molecule has 1 aromatic carbocycles. The minimum absolute atomic E-state index is 0.152. The number of esters is 2. The fourth-order valence-corrected chi connectivity index (χ4v) is 4.66. The summed E-state index contributed by atoms with van der Waals surface area (Å²) in [6, 6.07) is 10.3. The van der Waals surface area contributed by atoms with Gasteiger partial charge in [0.2, 0.25) is 0 Å². The van der Waals surface area contributed by atoms with E-state index in [-0.39, 0.29) is 5.92 Å². The first-order valence-corrected chi connectivity index (χ1v) is 9.69. The number of hydrogen-bond donors (Lipinski definition) is 0. The zero-order valence-corrected chi connectivity index (χ0v) is 15.9. The SMILES string of the molecule is C/C=C1\CCC(C(=O)OC)(C(=O)OC)C1CCSCc1ccccc1. The molecule has 0 amide bonds. The number of ether oxygens (including phenoxy) is 2. The van der Waals surface area contributed by atoms with E-state index < -0.39 is 17.4 Å². The van der Waals surface area contributed by atoms with Gasteiger partial charge in [-0.15, -0.1) is 0 Å². The van der Waals surface area contributed by atoms with Gasteiger partial charge >= 0.3 is 11.9 Å². The lowest BCUT2D eigenvalue weighted by atomic mass is 9.75. The molecule has 136 valence electrons. The van der Waals surface area contributed by atoms with Crippen LogP contribution in [0.4, 0.5) is 0 Å². The smallest absolute Gasteiger partial charge is 0.323 e. The summed E-state index contributed by atoms with van der Waals surface area (Å²) in [5.41, 5.74) is 1.23. The van der Waals surface area contributed by atoms with Crippen LogP contribution < -0.4 is 0 Å². The highest BCUT2D eigenvalue weighted by Gasteiger charge is 2.58. The van der Waals surface area contributed by atoms with E-state index in [0.29, 0.717) is 6.42 Å². The van der Waals surface area contributed by atoms with Crippen LogP contribution in [0.15, 0.2) is 42.0 Å². The quantitative estimate of drug-likeness (QED) is 0.318. The van der Waals surface area contributed by atoms with Crippen LogP contribution >= 0.6 is 11.8 Å². The van der Waals surface area contributed by atoms with Gasteiger partial charge in [-0.2, -0.15) is 11.8 Å². The number of hydrogen-bond acceptors (Lipinski definition) is 5. The van der Waals surface area contributed by atoms with Gasteiger partial charge in [-0.1, -0.05) is 42.0 Å². The Balaban J connectivity index is 2.09. The van der Waals surface area contributed by atoms with Gasteiger partial charge in [-0.25, -0.2) is 0 Å². The molecule has 0 bridgehead atoms. The van der Waals surface area contributed by atoms with E-state index >= 15 is 0 Å². The van der Waals surface area contributed by atoms with Gasteiger partial charge in [0.05, 0.1) is 14.2 Å². The van der Waals surface area contributed by atoms with E-state index in [9.17, 15) is 9.59 Å². The maximum absolute atomic E-state index is 12.5. The second kappa shape index (κ2) is 9.09. The van der Waals surface area contributed by atoms with Crippen molar-refractivity contribution in [3.63, 3.8) is 0 Å². The molecule has 5 heteroatoms. The lowest BCUT2D eigenvalue weighted by Crippen LogP contribution is -2.44. The summed E-state index contributed by atoms with van der Waals surface area (Å²) in [7, 11) is 2.67. The van der Waals surface area contributed by atoms with Crippen LogP contribution in [-0.4, -0.2) is 31.9 Å². The Morgan fingerprint density at radius 3 is 2.40 bits per heavy atom. The summed E-state index contributed by atoms with van der Waals surface area (Å²) < 4.78 is 9.97. The van der Waals surface area contributed by atoms with Crippen molar-refractivity contribution in [2.45, 2.75) is 31.9 Å². The lowest BCUT2D eigenvalue weighted by molar-refractivity contribution is -0.171. The molecule has 0 radical (unpaired) electrons. The molecule has 1 aliphatic carbocycles. The first kappa shape index (κ1) is 19.6. The van der Waals surface area contributed by atoms with Crippen LogP contribution in [0.2, 0.25) is 0 Å². The van der Waals surface area contributed by atoms with Crippen molar-refractivity contribution < 1.29 is 19.1 Å². The van der Waals surface area contributed by atoms with E-state index in [0.717, 1.165) is 29.9 Å². The van der Waals surface area contributed by atoms with Gasteiger partial charge in [-0.3, -0.25) is 9.59 Å². The predicted molar refractivity (Wildman–Crippen MR) is 100 cm³/mol. The zero-order chi connectivity index (χ0) is 18.3. The molecule has 1 aromatic rings. The molecule has 1 fully saturated rings. The third kappa shape index (κ3) is 4.09. The standard InChI is InChI=1S/C20H26O4S/c1-4-16-10-12-20(18(21)23-2,19(22)24-3)17(16)11-13-25-14-15-8-6-5-7-9-15/h4-9,17H,10-14H2,1-3H3/b16-4+. The average Bonchev–Trinajstić information content (AvgIpc) is 3.04. The minimum atomic E-state index is -1.20. The highest BCUT2D eigenvalue weighted by molar-refractivity contribution is 7.98. The Morgan fingerprint density at radius 1 is 1.20 bits per heavy atom. The fourth-order valence-electron chi connectivity index (χ4n) is 3.69. The molecule has 0 heterocycles. The molecular weight excluding hydrogens is 336 g/mol. The summed E-state index contributed by atoms with van der Waals surface area (Å²) in [5, 5.41) is 0. The van der Waals surface area contributed by atoms with Crippen molar-refractivity contribution in [2.75, 3.05) is 20.0 Å². The Kier molecular flexibility index (Phi) is 7.12. The zero-order valence-electron chi connectivity index (χ0n) is 15.1. The molecule has 0 aromatic heterocycles. The summed E-state index contributed by atoms with van der Waals surface area (Å²) in [6.07, 6.45) is 3.97. The summed E-state index contributed by atoms with van der Waals surface area (Å²) in [5.74, 6) is 0.679. The number of carbonyl (C=O) groups is 2. The number of methoxy groups -OCH3 is 2.